The Hall–Kier alpha value is -3.69. The molecule has 3 rings (SSSR count). The minimum atomic E-state index is -4.89. The number of alkyl halides is 3. The molecule has 0 aliphatic rings. The van der Waals surface area contributed by atoms with Crippen molar-refractivity contribution < 1.29 is 36.6 Å². The van der Waals surface area contributed by atoms with E-state index in [9.17, 15) is 27.2 Å². The molecule has 30 heavy (non-hydrogen) atoms. The molecule has 0 atom stereocenters. The summed E-state index contributed by atoms with van der Waals surface area (Å²) in [5, 5.41) is 4.19. The molecule has 0 unspecified atom stereocenters. The fraction of sp³-hybridized carbons (Fsp3) is 0.150. The number of rotatable bonds is 4. The maximum absolute atomic E-state index is 14.1. The molecule has 0 bridgehead atoms. The minimum Gasteiger partial charge on any atom is -0.465 e. The van der Waals surface area contributed by atoms with Crippen molar-refractivity contribution in [3.05, 3.63) is 71.2 Å². The average Bonchev–Trinajstić information content (AvgIpc) is 3.13. The molecule has 1 aromatic heterocycles. The zero-order valence-electron chi connectivity index (χ0n) is 15.7. The van der Waals surface area contributed by atoms with Gasteiger partial charge in [-0.15, -0.1) is 0 Å². The van der Waals surface area contributed by atoms with Crippen LogP contribution >= 0.6 is 0 Å². The SMILES string of the molecule is COC(=O)c1c(-c2ccc(C(F)(F)F)c(F)c2)nn(-c2ccccc2)c1C(=O)OC. The smallest absolute Gasteiger partial charge is 0.419 e. The number of esters is 2. The van der Waals surface area contributed by atoms with Gasteiger partial charge in [-0.1, -0.05) is 24.3 Å². The number of ether oxygens (including phenoxy) is 2. The molecule has 3 aromatic rings. The van der Waals surface area contributed by atoms with Gasteiger partial charge in [-0.05, 0) is 24.3 Å². The Morgan fingerprint density at radius 2 is 1.60 bits per heavy atom. The van der Waals surface area contributed by atoms with Crippen LogP contribution in [0.3, 0.4) is 0 Å². The molecule has 10 heteroatoms. The Bertz CT molecular complexity index is 1110. The Morgan fingerprint density at radius 3 is 2.13 bits per heavy atom. The van der Waals surface area contributed by atoms with Crippen LogP contribution in [-0.2, 0) is 15.7 Å². The van der Waals surface area contributed by atoms with E-state index in [4.69, 9.17) is 9.47 Å². The van der Waals surface area contributed by atoms with Crippen molar-refractivity contribution in [1.29, 1.82) is 0 Å². The maximum Gasteiger partial charge on any atom is 0.419 e. The number of carbonyl (C=O) groups excluding carboxylic acids is 2. The summed E-state index contributed by atoms with van der Waals surface area (Å²) in [5.41, 5.74) is -2.18. The maximum atomic E-state index is 14.1. The Balaban J connectivity index is 2.32. The fourth-order valence-corrected chi connectivity index (χ4v) is 2.85. The topological polar surface area (TPSA) is 70.4 Å². The third-order valence-corrected chi connectivity index (χ3v) is 4.20. The highest BCUT2D eigenvalue weighted by Gasteiger charge is 2.35. The summed E-state index contributed by atoms with van der Waals surface area (Å²) >= 11 is 0. The lowest BCUT2D eigenvalue weighted by Gasteiger charge is -2.09. The molecule has 0 aliphatic carbocycles. The monoisotopic (exact) mass is 422 g/mol. The van der Waals surface area contributed by atoms with Crippen LogP contribution in [0.15, 0.2) is 48.5 Å². The van der Waals surface area contributed by atoms with Gasteiger partial charge < -0.3 is 9.47 Å². The highest BCUT2D eigenvalue weighted by Crippen LogP contribution is 2.35. The highest BCUT2D eigenvalue weighted by atomic mass is 19.4. The number of methoxy groups -OCH3 is 2. The number of hydrogen-bond acceptors (Lipinski definition) is 5. The third-order valence-electron chi connectivity index (χ3n) is 4.20. The summed E-state index contributed by atoms with van der Waals surface area (Å²) in [4.78, 5) is 24.9. The first-order valence-electron chi connectivity index (χ1n) is 8.41. The number of nitrogens with zero attached hydrogens (tertiary/aromatic N) is 2. The van der Waals surface area contributed by atoms with Gasteiger partial charge in [0.25, 0.3) is 0 Å². The van der Waals surface area contributed by atoms with Crippen LogP contribution in [0.2, 0.25) is 0 Å². The van der Waals surface area contributed by atoms with Gasteiger partial charge in [-0.25, -0.2) is 18.7 Å². The molecule has 0 amide bonds. The molecule has 6 nitrogen and oxygen atoms in total. The number of benzene rings is 2. The van der Waals surface area contributed by atoms with Crippen LogP contribution in [0.1, 0.15) is 26.4 Å². The molecule has 0 fully saturated rings. The van der Waals surface area contributed by atoms with E-state index < -0.39 is 29.5 Å². The normalized spacial score (nSPS) is 11.3. The summed E-state index contributed by atoms with van der Waals surface area (Å²) in [5.74, 6) is -3.48. The van der Waals surface area contributed by atoms with Crippen LogP contribution in [0.25, 0.3) is 16.9 Å². The van der Waals surface area contributed by atoms with Crippen molar-refractivity contribution in [3.8, 4) is 16.9 Å². The third kappa shape index (κ3) is 3.76. The van der Waals surface area contributed by atoms with Crippen molar-refractivity contribution in [2.75, 3.05) is 14.2 Å². The van der Waals surface area contributed by atoms with E-state index in [0.29, 0.717) is 17.8 Å². The molecule has 2 aromatic carbocycles. The second kappa shape index (κ2) is 7.97. The largest absolute Gasteiger partial charge is 0.465 e. The summed E-state index contributed by atoms with van der Waals surface area (Å²) in [6.45, 7) is 0. The van der Waals surface area contributed by atoms with Gasteiger partial charge in [0.2, 0.25) is 0 Å². The predicted octanol–water partition coefficient (Wildman–Crippen LogP) is 4.27. The van der Waals surface area contributed by atoms with Crippen molar-refractivity contribution in [2.45, 2.75) is 6.18 Å². The first-order valence-corrected chi connectivity index (χ1v) is 8.41. The van der Waals surface area contributed by atoms with Gasteiger partial charge in [0.15, 0.2) is 5.69 Å². The summed E-state index contributed by atoms with van der Waals surface area (Å²) < 4.78 is 63.4. The van der Waals surface area contributed by atoms with E-state index in [2.05, 4.69) is 5.10 Å². The lowest BCUT2D eigenvalue weighted by molar-refractivity contribution is -0.139. The minimum absolute atomic E-state index is 0.152. The molecule has 0 saturated carbocycles. The first-order chi connectivity index (χ1) is 14.2. The van der Waals surface area contributed by atoms with Crippen molar-refractivity contribution in [3.63, 3.8) is 0 Å². The van der Waals surface area contributed by atoms with E-state index >= 15 is 0 Å². The second-order valence-corrected chi connectivity index (χ2v) is 6.00. The molecule has 0 saturated heterocycles. The first kappa shape index (κ1) is 21.0. The summed E-state index contributed by atoms with van der Waals surface area (Å²) in [6.07, 6.45) is -4.89. The van der Waals surface area contributed by atoms with Gasteiger partial charge in [0, 0.05) is 5.56 Å². The quantitative estimate of drug-likeness (QED) is 0.464. The number of para-hydroxylation sites is 1. The number of aromatic nitrogens is 2. The van der Waals surface area contributed by atoms with Gasteiger partial charge in [-0.3, -0.25) is 0 Å². The molecule has 0 N–H and O–H groups in total. The average molecular weight is 422 g/mol. The van der Waals surface area contributed by atoms with Crippen molar-refractivity contribution in [1.82, 2.24) is 9.78 Å². The fourth-order valence-electron chi connectivity index (χ4n) is 2.85. The van der Waals surface area contributed by atoms with Crippen LogP contribution in [-0.4, -0.2) is 35.9 Å². The molecule has 0 spiro atoms. The van der Waals surface area contributed by atoms with Gasteiger partial charge in [-0.2, -0.15) is 18.3 Å². The molecular formula is C20H14F4N2O4. The van der Waals surface area contributed by atoms with E-state index in [1.54, 1.807) is 30.3 Å². The van der Waals surface area contributed by atoms with Gasteiger partial charge >= 0.3 is 18.1 Å². The molecular weight excluding hydrogens is 408 g/mol. The van der Waals surface area contributed by atoms with E-state index in [1.807, 2.05) is 0 Å². The van der Waals surface area contributed by atoms with E-state index in [0.717, 1.165) is 25.0 Å². The zero-order valence-corrected chi connectivity index (χ0v) is 15.7. The molecule has 0 radical (unpaired) electrons. The highest BCUT2D eigenvalue weighted by molar-refractivity contribution is 6.06. The van der Waals surface area contributed by atoms with Gasteiger partial charge in [0.05, 0.1) is 25.5 Å². The van der Waals surface area contributed by atoms with Crippen LogP contribution in [0.4, 0.5) is 17.6 Å². The van der Waals surface area contributed by atoms with E-state index in [1.165, 1.54) is 0 Å². The van der Waals surface area contributed by atoms with Crippen LogP contribution in [0.5, 0.6) is 0 Å². The molecule has 156 valence electrons. The summed E-state index contributed by atoms with van der Waals surface area (Å²) in [6, 6.07) is 10.2. The Kier molecular flexibility index (Phi) is 5.59. The molecule has 1 heterocycles. The van der Waals surface area contributed by atoms with Crippen molar-refractivity contribution >= 4 is 11.9 Å². The lowest BCUT2D eigenvalue weighted by Crippen LogP contribution is -2.15. The number of halogens is 4. The number of carbonyl (C=O) groups is 2. The zero-order chi connectivity index (χ0) is 22.1. The Labute approximate surface area is 167 Å². The second-order valence-electron chi connectivity index (χ2n) is 6.00. The number of hydrogen-bond donors (Lipinski definition) is 0. The standard InChI is InChI=1S/C20H14F4N2O4/c1-29-18(27)15-16(11-8-9-13(14(21)10-11)20(22,23)24)25-26(17(15)19(28)30-2)12-6-4-3-5-7-12/h3-10H,1-2H3. The Morgan fingerprint density at radius 1 is 0.967 bits per heavy atom. The molecule has 0 aliphatic heterocycles. The van der Waals surface area contributed by atoms with Crippen LogP contribution in [0, 0.1) is 5.82 Å². The lowest BCUT2D eigenvalue weighted by atomic mass is 10.0. The summed E-state index contributed by atoms with van der Waals surface area (Å²) in [7, 11) is 2.14. The van der Waals surface area contributed by atoms with Gasteiger partial charge in [0.1, 0.15) is 17.1 Å². The van der Waals surface area contributed by atoms with Crippen molar-refractivity contribution in [2.24, 2.45) is 0 Å². The predicted molar refractivity (Wildman–Crippen MR) is 96.6 cm³/mol. The van der Waals surface area contributed by atoms with Crippen LogP contribution < -0.4 is 0 Å². The van der Waals surface area contributed by atoms with E-state index in [-0.39, 0.29) is 22.5 Å².